The van der Waals surface area contributed by atoms with Crippen LogP contribution in [0, 0.1) is 0 Å². The number of hydrogen-bond donors (Lipinski definition) is 0. The van der Waals surface area contributed by atoms with Crippen LogP contribution < -0.4 is 0 Å². The predicted octanol–water partition coefficient (Wildman–Crippen LogP) is 4.22. The maximum Gasteiger partial charge on any atom is 0.230 e. The van der Waals surface area contributed by atoms with E-state index >= 15 is 0 Å². The van der Waals surface area contributed by atoms with Gasteiger partial charge in [-0.25, -0.2) is 0 Å². The van der Waals surface area contributed by atoms with Crippen molar-refractivity contribution in [2.45, 2.75) is 70.4 Å². The SMILES string of the molecule is CCc1ccc([C@@H]2CCCCCN2Cc2nnc(C3CC3)o2)o1. The largest absolute Gasteiger partial charge is 0.464 e. The lowest BCUT2D eigenvalue weighted by Crippen LogP contribution is -2.28. The van der Waals surface area contributed by atoms with Crippen molar-refractivity contribution < 1.29 is 8.83 Å². The zero-order valence-corrected chi connectivity index (χ0v) is 13.8. The fraction of sp³-hybridized carbons (Fsp3) is 0.667. The van der Waals surface area contributed by atoms with Crippen LogP contribution in [0.5, 0.6) is 0 Å². The summed E-state index contributed by atoms with van der Waals surface area (Å²) in [6.45, 7) is 3.92. The molecule has 2 aliphatic rings. The average molecular weight is 315 g/mol. The Hall–Kier alpha value is -1.62. The number of aromatic nitrogens is 2. The summed E-state index contributed by atoms with van der Waals surface area (Å²) in [4.78, 5) is 2.45. The van der Waals surface area contributed by atoms with Gasteiger partial charge in [-0.3, -0.25) is 4.90 Å². The maximum absolute atomic E-state index is 6.04. The number of rotatable bonds is 5. The van der Waals surface area contributed by atoms with E-state index in [1.165, 1.54) is 32.1 Å². The fourth-order valence-corrected chi connectivity index (χ4v) is 3.44. The second-order valence-corrected chi connectivity index (χ2v) is 6.80. The van der Waals surface area contributed by atoms with Crippen LogP contribution in [0.2, 0.25) is 0 Å². The minimum Gasteiger partial charge on any atom is -0.464 e. The summed E-state index contributed by atoms with van der Waals surface area (Å²) in [5.74, 6) is 4.26. The number of aryl methyl sites for hydroxylation is 1. The molecule has 0 unspecified atom stereocenters. The van der Waals surface area contributed by atoms with Crippen LogP contribution in [0.3, 0.4) is 0 Å². The molecule has 1 atom stereocenters. The van der Waals surface area contributed by atoms with E-state index in [1.807, 2.05) is 0 Å². The van der Waals surface area contributed by atoms with Crippen LogP contribution in [-0.4, -0.2) is 21.6 Å². The molecule has 0 aromatic carbocycles. The Bertz CT molecular complexity index is 644. The van der Waals surface area contributed by atoms with Crippen LogP contribution in [0.4, 0.5) is 0 Å². The third-order valence-electron chi connectivity index (χ3n) is 4.97. The Morgan fingerprint density at radius 3 is 2.78 bits per heavy atom. The van der Waals surface area contributed by atoms with Crippen LogP contribution in [0.25, 0.3) is 0 Å². The van der Waals surface area contributed by atoms with Gasteiger partial charge in [0.25, 0.3) is 0 Å². The van der Waals surface area contributed by atoms with E-state index in [0.29, 0.717) is 12.0 Å². The highest BCUT2D eigenvalue weighted by Crippen LogP contribution is 2.39. The van der Waals surface area contributed by atoms with Crippen molar-refractivity contribution in [3.63, 3.8) is 0 Å². The number of hydrogen-bond acceptors (Lipinski definition) is 5. The van der Waals surface area contributed by atoms with Gasteiger partial charge in [0.2, 0.25) is 11.8 Å². The van der Waals surface area contributed by atoms with E-state index in [-0.39, 0.29) is 0 Å². The van der Waals surface area contributed by atoms with Gasteiger partial charge in [0, 0.05) is 12.3 Å². The summed E-state index contributed by atoms with van der Waals surface area (Å²) in [5, 5.41) is 8.48. The summed E-state index contributed by atoms with van der Waals surface area (Å²) in [6, 6.07) is 4.58. The summed E-state index contributed by atoms with van der Waals surface area (Å²) in [5.41, 5.74) is 0. The van der Waals surface area contributed by atoms with Crippen LogP contribution in [0.1, 0.15) is 80.7 Å². The molecule has 2 fully saturated rings. The summed E-state index contributed by atoms with van der Waals surface area (Å²) < 4.78 is 11.9. The molecule has 1 aliphatic heterocycles. The molecular weight excluding hydrogens is 290 g/mol. The Balaban J connectivity index is 1.51. The first-order valence-corrected chi connectivity index (χ1v) is 8.98. The lowest BCUT2D eigenvalue weighted by Gasteiger charge is -2.26. The lowest BCUT2D eigenvalue weighted by molar-refractivity contribution is 0.152. The van der Waals surface area contributed by atoms with E-state index in [1.54, 1.807) is 0 Å². The molecule has 1 saturated heterocycles. The molecule has 0 spiro atoms. The van der Waals surface area contributed by atoms with Crippen molar-refractivity contribution in [1.82, 2.24) is 15.1 Å². The van der Waals surface area contributed by atoms with Crippen molar-refractivity contribution >= 4 is 0 Å². The second-order valence-electron chi connectivity index (χ2n) is 6.80. The number of furan rings is 1. The Kier molecular flexibility index (Phi) is 4.21. The molecule has 2 aromatic rings. The Morgan fingerprint density at radius 2 is 2.00 bits per heavy atom. The Morgan fingerprint density at radius 1 is 1.09 bits per heavy atom. The molecule has 124 valence electrons. The van der Waals surface area contributed by atoms with Gasteiger partial charge in [-0.1, -0.05) is 19.8 Å². The molecule has 23 heavy (non-hydrogen) atoms. The molecule has 5 nitrogen and oxygen atoms in total. The summed E-state index contributed by atoms with van der Waals surface area (Å²) in [7, 11) is 0. The van der Waals surface area contributed by atoms with Crippen LogP contribution >= 0.6 is 0 Å². The van der Waals surface area contributed by atoms with Gasteiger partial charge >= 0.3 is 0 Å². The van der Waals surface area contributed by atoms with E-state index in [9.17, 15) is 0 Å². The monoisotopic (exact) mass is 315 g/mol. The highest BCUT2D eigenvalue weighted by Gasteiger charge is 2.31. The van der Waals surface area contributed by atoms with Crippen molar-refractivity contribution in [3.8, 4) is 0 Å². The zero-order valence-electron chi connectivity index (χ0n) is 13.8. The first kappa shape index (κ1) is 14.9. The van der Waals surface area contributed by atoms with Gasteiger partial charge in [-0.05, 0) is 44.4 Å². The lowest BCUT2D eigenvalue weighted by atomic mass is 10.1. The van der Waals surface area contributed by atoms with E-state index in [2.05, 4.69) is 34.2 Å². The number of likely N-dealkylation sites (tertiary alicyclic amines) is 1. The van der Waals surface area contributed by atoms with E-state index in [0.717, 1.165) is 49.2 Å². The van der Waals surface area contributed by atoms with Gasteiger partial charge < -0.3 is 8.83 Å². The highest BCUT2D eigenvalue weighted by molar-refractivity contribution is 5.11. The molecule has 1 saturated carbocycles. The van der Waals surface area contributed by atoms with Crippen molar-refractivity contribution in [2.75, 3.05) is 6.54 Å². The van der Waals surface area contributed by atoms with Crippen LogP contribution in [0.15, 0.2) is 21.0 Å². The standard InChI is InChI=1S/C18H25N3O2/c1-2-14-9-10-16(22-14)15-6-4-3-5-11-21(15)12-17-19-20-18(23-17)13-7-8-13/h9-10,13,15H,2-8,11-12H2,1H3/t15-/m0/s1. The van der Waals surface area contributed by atoms with Gasteiger partial charge in [0.1, 0.15) is 11.5 Å². The number of nitrogens with zero attached hydrogens (tertiary/aromatic N) is 3. The molecular formula is C18H25N3O2. The molecule has 2 aromatic heterocycles. The smallest absolute Gasteiger partial charge is 0.230 e. The summed E-state index contributed by atoms with van der Waals surface area (Å²) in [6.07, 6.45) is 8.23. The topological polar surface area (TPSA) is 55.3 Å². The van der Waals surface area contributed by atoms with Gasteiger partial charge in [-0.2, -0.15) is 0 Å². The first-order valence-electron chi connectivity index (χ1n) is 8.98. The molecule has 0 radical (unpaired) electrons. The van der Waals surface area contributed by atoms with Gasteiger partial charge in [0.15, 0.2) is 0 Å². The van der Waals surface area contributed by atoms with Crippen LogP contribution in [-0.2, 0) is 13.0 Å². The molecule has 0 N–H and O–H groups in total. The van der Waals surface area contributed by atoms with E-state index in [4.69, 9.17) is 8.83 Å². The third-order valence-corrected chi connectivity index (χ3v) is 4.97. The quantitative estimate of drug-likeness (QED) is 0.827. The normalized spacial score (nSPS) is 23.1. The van der Waals surface area contributed by atoms with Crippen molar-refractivity contribution in [2.24, 2.45) is 0 Å². The van der Waals surface area contributed by atoms with E-state index < -0.39 is 0 Å². The minimum atomic E-state index is 0.328. The maximum atomic E-state index is 6.04. The second kappa shape index (κ2) is 6.48. The third kappa shape index (κ3) is 3.34. The zero-order chi connectivity index (χ0) is 15.6. The molecule has 0 amide bonds. The molecule has 0 bridgehead atoms. The molecule has 5 heteroatoms. The molecule has 4 rings (SSSR count). The Labute approximate surface area is 137 Å². The van der Waals surface area contributed by atoms with Gasteiger partial charge in [0.05, 0.1) is 12.6 Å². The summed E-state index contributed by atoms with van der Waals surface area (Å²) >= 11 is 0. The van der Waals surface area contributed by atoms with Crippen molar-refractivity contribution in [1.29, 1.82) is 0 Å². The van der Waals surface area contributed by atoms with Gasteiger partial charge in [-0.15, -0.1) is 10.2 Å². The predicted molar refractivity (Wildman–Crippen MR) is 86.0 cm³/mol. The van der Waals surface area contributed by atoms with Crippen molar-refractivity contribution in [3.05, 3.63) is 35.4 Å². The highest BCUT2D eigenvalue weighted by atomic mass is 16.4. The first-order chi connectivity index (χ1) is 11.3. The fourth-order valence-electron chi connectivity index (χ4n) is 3.44. The molecule has 1 aliphatic carbocycles. The molecule has 3 heterocycles. The minimum absolute atomic E-state index is 0.328. The average Bonchev–Trinajstić information content (AvgIpc) is 3.20.